The Morgan fingerprint density at radius 2 is 2.10 bits per heavy atom. The van der Waals surface area contributed by atoms with Gasteiger partial charge in [0.2, 0.25) is 11.8 Å². The summed E-state index contributed by atoms with van der Waals surface area (Å²) in [7, 11) is 0. The number of nitrogens with one attached hydrogen (secondary N) is 2. The lowest BCUT2D eigenvalue weighted by Gasteiger charge is -2.14. The Bertz CT molecular complexity index is 415. The average Bonchev–Trinajstić information content (AvgIpc) is 2.94. The van der Waals surface area contributed by atoms with Crippen molar-refractivity contribution in [3.05, 3.63) is 24.2 Å². The first-order valence-corrected chi connectivity index (χ1v) is 6.73. The number of hydrogen-bond acceptors (Lipinski definition) is 4. The predicted molar refractivity (Wildman–Crippen MR) is 73.8 cm³/mol. The summed E-state index contributed by atoms with van der Waals surface area (Å²) in [6.07, 6.45) is 2.67. The van der Waals surface area contributed by atoms with Gasteiger partial charge < -0.3 is 20.2 Å². The Balaban J connectivity index is 2.30. The quantitative estimate of drug-likeness (QED) is 0.663. The smallest absolute Gasteiger partial charge is 0.240 e. The molecule has 0 spiro atoms. The number of aliphatic hydroxyl groups is 1. The van der Waals surface area contributed by atoms with Crippen LogP contribution in [-0.2, 0) is 9.59 Å². The Morgan fingerprint density at radius 1 is 1.35 bits per heavy atom. The normalized spacial score (nSPS) is 12.2. The molecule has 3 N–H and O–H groups in total. The molecule has 1 atom stereocenters. The standard InChI is InChI=1S/C14H22N2O4/c1-10(2)5-6-13(18)15-8-14(19)16-11(9-17)12-4-3-7-20-12/h3-4,7,10-11,17H,5-6,8-9H2,1-2H3,(H,15,18)(H,16,19). The summed E-state index contributed by atoms with van der Waals surface area (Å²) in [5.41, 5.74) is 0. The SMILES string of the molecule is CC(C)CCC(=O)NCC(=O)NC(CO)c1ccco1. The average molecular weight is 282 g/mol. The molecule has 0 saturated heterocycles. The first kappa shape index (κ1) is 16.2. The summed E-state index contributed by atoms with van der Waals surface area (Å²) in [4.78, 5) is 23.1. The van der Waals surface area contributed by atoms with Crippen molar-refractivity contribution in [2.45, 2.75) is 32.7 Å². The highest BCUT2D eigenvalue weighted by molar-refractivity contribution is 5.84. The fourth-order valence-electron chi connectivity index (χ4n) is 1.63. The van der Waals surface area contributed by atoms with Crippen LogP contribution in [0.2, 0.25) is 0 Å². The molecule has 0 aromatic carbocycles. The van der Waals surface area contributed by atoms with Crippen LogP contribution in [0.1, 0.15) is 38.5 Å². The zero-order chi connectivity index (χ0) is 15.0. The molecule has 1 aromatic rings. The van der Waals surface area contributed by atoms with Crippen LogP contribution in [-0.4, -0.2) is 30.1 Å². The van der Waals surface area contributed by atoms with E-state index in [1.807, 2.05) is 13.8 Å². The fraction of sp³-hybridized carbons (Fsp3) is 0.571. The van der Waals surface area contributed by atoms with Gasteiger partial charge in [0.25, 0.3) is 0 Å². The third-order valence-electron chi connectivity index (χ3n) is 2.80. The van der Waals surface area contributed by atoms with E-state index >= 15 is 0 Å². The zero-order valence-electron chi connectivity index (χ0n) is 11.9. The largest absolute Gasteiger partial charge is 0.467 e. The Morgan fingerprint density at radius 3 is 2.65 bits per heavy atom. The summed E-state index contributed by atoms with van der Waals surface area (Å²) >= 11 is 0. The molecule has 112 valence electrons. The maximum absolute atomic E-state index is 11.7. The summed E-state index contributed by atoms with van der Waals surface area (Å²) in [5, 5.41) is 14.3. The zero-order valence-corrected chi connectivity index (χ0v) is 11.9. The summed E-state index contributed by atoms with van der Waals surface area (Å²) in [5.74, 6) is 0.421. The molecule has 0 aliphatic carbocycles. The van der Waals surface area contributed by atoms with Crippen molar-refractivity contribution in [2.24, 2.45) is 5.92 Å². The van der Waals surface area contributed by atoms with Gasteiger partial charge >= 0.3 is 0 Å². The molecule has 1 unspecified atom stereocenters. The van der Waals surface area contributed by atoms with Crippen LogP contribution in [0, 0.1) is 5.92 Å². The summed E-state index contributed by atoms with van der Waals surface area (Å²) < 4.78 is 5.12. The van der Waals surface area contributed by atoms with E-state index in [1.54, 1.807) is 12.1 Å². The van der Waals surface area contributed by atoms with Gasteiger partial charge in [-0.2, -0.15) is 0 Å². The molecule has 0 saturated carbocycles. The van der Waals surface area contributed by atoms with Crippen LogP contribution < -0.4 is 10.6 Å². The first-order valence-electron chi connectivity index (χ1n) is 6.73. The van der Waals surface area contributed by atoms with Gasteiger partial charge in [-0.15, -0.1) is 0 Å². The van der Waals surface area contributed by atoms with Crippen LogP contribution in [0.15, 0.2) is 22.8 Å². The Kier molecular flexibility index (Phi) is 6.79. The van der Waals surface area contributed by atoms with Gasteiger partial charge in [0.1, 0.15) is 11.8 Å². The topological polar surface area (TPSA) is 91.6 Å². The molecule has 0 aliphatic heterocycles. The Hall–Kier alpha value is -1.82. The number of aliphatic hydroxyl groups excluding tert-OH is 1. The molecule has 0 aliphatic rings. The molecule has 0 radical (unpaired) electrons. The van der Waals surface area contributed by atoms with E-state index in [1.165, 1.54) is 6.26 Å². The van der Waals surface area contributed by atoms with Gasteiger partial charge in [0, 0.05) is 6.42 Å². The molecular weight excluding hydrogens is 260 g/mol. The van der Waals surface area contributed by atoms with Crippen molar-refractivity contribution < 1.29 is 19.1 Å². The second-order valence-electron chi connectivity index (χ2n) is 5.03. The van der Waals surface area contributed by atoms with Crippen molar-refractivity contribution in [2.75, 3.05) is 13.2 Å². The lowest BCUT2D eigenvalue weighted by Crippen LogP contribution is -2.39. The highest BCUT2D eigenvalue weighted by atomic mass is 16.3. The molecule has 2 amide bonds. The number of carbonyl (C=O) groups excluding carboxylic acids is 2. The second-order valence-corrected chi connectivity index (χ2v) is 5.03. The van der Waals surface area contributed by atoms with Gasteiger partial charge in [-0.3, -0.25) is 9.59 Å². The maximum atomic E-state index is 11.7. The van der Waals surface area contributed by atoms with Crippen LogP contribution in [0.25, 0.3) is 0 Å². The van der Waals surface area contributed by atoms with Crippen molar-refractivity contribution in [3.63, 3.8) is 0 Å². The summed E-state index contributed by atoms with van der Waals surface area (Å²) in [6, 6.07) is 2.75. The minimum atomic E-state index is -0.593. The van der Waals surface area contributed by atoms with E-state index in [2.05, 4.69) is 10.6 Å². The predicted octanol–water partition coefficient (Wildman–Crippen LogP) is 0.982. The molecule has 0 fully saturated rings. The van der Waals surface area contributed by atoms with Crippen molar-refractivity contribution in [1.29, 1.82) is 0 Å². The fourth-order valence-corrected chi connectivity index (χ4v) is 1.63. The van der Waals surface area contributed by atoms with Crippen LogP contribution >= 0.6 is 0 Å². The second kappa shape index (κ2) is 8.37. The van der Waals surface area contributed by atoms with Gasteiger partial charge in [0.15, 0.2) is 0 Å². The van der Waals surface area contributed by atoms with Crippen molar-refractivity contribution in [3.8, 4) is 0 Å². The van der Waals surface area contributed by atoms with E-state index in [0.717, 1.165) is 6.42 Å². The van der Waals surface area contributed by atoms with E-state index < -0.39 is 6.04 Å². The molecule has 20 heavy (non-hydrogen) atoms. The first-order chi connectivity index (χ1) is 9.52. The highest BCUT2D eigenvalue weighted by Crippen LogP contribution is 2.12. The molecule has 1 aromatic heterocycles. The Labute approximate surface area is 118 Å². The van der Waals surface area contributed by atoms with Crippen molar-refractivity contribution in [1.82, 2.24) is 10.6 Å². The lowest BCUT2D eigenvalue weighted by atomic mass is 10.1. The third kappa shape index (κ3) is 5.88. The third-order valence-corrected chi connectivity index (χ3v) is 2.80. The molecule has 0 bridgehead atoms. The number of amides is 2. The molecule has 6 heteroatoms. The van der Waals surface area contributed by atoms with Crippen LogP contribution in [0.5, 0.6) is 0 Å². The van der Waals surface area contributed by atoms with Gasteiger partial charge in [-0.25, -0.2) is 0 Å². The maximum Gasteiger partial charge on any atom is 0.240 e. The van der Waals surface area contributed by atoms with Crippen LogP contribution in [0.4, 0.5) is 0 Å². The van der Waals surface area contributed by atoms with E-state index in [4.69, 9.17) is 4.42 Å². The molecule has 1 heterocycles. The number of hydrogen-bond donors (Lipinski definition) is 3. The molecule has 6 nitrogen and oxygen atoms in total. The van der Waals surface area contributed by atoms with E-state index in [9.17, 15) is 14.7 Å². The van der Waals surface area contributed by atoms with E-state index in [0.29, 0.717) is 18.1 Å². The molecule has 1 rings (SSSR count). The monoisotopic (exact) mass is 282 g/mol. The number of furan rings is 1. The van der Waals surface area contributed by atoms with E-state index in [-0.39, 0.29) is 25.0 Å². The molecular formula is C14H22N2O4. The minimum absolute atomic E-state index is 0.103. The highest BCUT2D eigenvalue weighted by Gasteiger charge is 2.16. The lowest BCUT2D eigenvalue weighted by molar-refractivity contribution is -0.126. The van der Waals surface area contributed by atoms with Gasteiger partial charge in [0.05, 0.1) is 19.4 Å². The minimum Gasteiger partial charge on any atom is -0.467 e. The summed E-state index contributed by atoms with van der Waals surface area (Å²) in [6.45, 7) is 3.71. The number of rotatable bonds is 8. The van der Waals surface area contributed by atoms with Crippen molar-refractivity contribution >= 4 is 11.8 Å². The number of carbonyl (C=O) groups is 2. The van der Waals surface area contributed by atoms with Gasteiger partial charge in [-0.05, 0) is 24.5 Å². The van der Waals surface area contributed by atoms with Crippen LogP contribution in [0.3, 0.4) is 0 Å². The van der Waals surface area contributed by atoms with Gasteiger partial charge in [-0.1, -0.05) is 13.8 Å².